The zero-order chi connectivity index (χ0) is 18.8. The topological polar surface area (TPSA) is 50.4 Å². The van der Waals surface area contributed by atoms with E-state index in [9.17, 15) is 0 Å². The largest absolute Gasteiger partial charge is 0.360 e. The van der Waals surface area contributed by atoms with Crippen LogP contribution in [0.5, 0.6) is 0 Å². The SMILES string of the molecule is C/C(=N\Nc1cccc(C)c1C)c1c(-c2cc(Cl)ccc2Cl)noc1C. The zero-order valence-corrected chi connectivity index (χ0v) is 16.5. The van der Waals surface area contributed by atoms with Gasteiger partial charge in [0.1, 0.15) is 11.5 Å². The first-order valence-corrected chi connectivity index (χ1v) is 8.92. The molecule has 26 heavy (non-hydrogen) atoms. The first-order valence-electron chi connectivity index (χ1n) is 8.17. The lowest BCUT2D eigenvalue weighted by Crippen LogP contribution is -2.03. The van der Waals surface area contributed by atoms with Crippen molar-refractivity contribution < 1.29 is 4.52 Å². The van der Waals surface area contributed by atoms with Crippen molar-refractivity contribution >= 4 is 34.6 Å². The molecular weight excluding hydrogens is 369 g/mol. The zero-order valence-electron chi connectivity index (χ0n) is 15.0. The number of anilines is 1. The van der Waals surface area contributed by atoms with Crippen LogP contribution in [0.25, 0.3) is 11.3 Å². The first-order chi connectivity index (χ1) is 12.4. The van der Waals surface area contributed by atoms with Crippen LogP contribution in [0.2, 0.25) is 10.0 Å². The van der Waals surface area contributed by atoms with Gasteiger partial charge in [-0.05, 0) is 63.1 Å². The number of rotatable bonds is 4. The van der Waals surface area contributed by atoms with Crippen LogP contribution in [0.4, 0.5) is 5.69 Å². The minimum Gasteiger partial charge on any atom is -0.360 e. The summed E-state index contributed by atoms with van der Waals surface area (Å²) in [5, 5.41) is 9.83. The maximum atomic E-state index is 6.33. The number of halogens is 2. The van der Waals surface area contributed by atoms with Gasteiger partial charge in [-0.25, -0.2) is 0 Å². The third kappa shape index (κ3) is 3.62. The Labute approximate surface area is 162 Å². The predicted octanol–water partition coefficient (Wildman–Crippen LogP) is 6.41. The van der Waals surface area contributed by atoms with E-state index in [-0.39, 0.29) is 0 Å². The van der Waals surface area contributed by atoms with Gasteiger partial charge < -0.3 is 4.52 Å². The van der Waals surface area contributed by atoms with Gasteiger partial charge in [-0.3, -0.25) is 5.43 Å². The summed E-state index contributed by atoms with van der Waals surface area (Å²) in [7, 11) is 0. The lowest BCUT2D eigenvalue weighted by Gasteiger charge is -2.09. The van der Waals surface area contributed by atoms with E-state index in [0.717, 1.165) is 22.5 Å². The molecule has 1 N–H and O–H groups in total. The fourth-order valence-electron chi connectivity index (χ4n) is 2.73. The summed E-state index contributed by atoms with van der Waals surface area (Å²) in [5.74, 6) is 0.667. The molecule has 6 heteroatoms. The molecule has 1 heterocycles. The number of nitrogens with zero attached hydrogens (tertiary/aromatic N) is 2. The van der Waals surface area contributed by atoms with Gasteiger partial charge in [-0.1, -0.05) is 40.5 Å². The average molecular weight is 388 g/mol. The van der Waals surface area contributed by atoms with Crippen LogP contribution < -0.4 is 5.43 Å². The minimum absolute atomic E-state index is 0.555. The molecule has 0 aliphatic carbocycles. The molecular formula is C20H19Cl2N3O. The van der Waals surface area contributed by atoms with E-state index in [1.807, 2.05) is 26.0 Å². The van der Waals surface area contributed by atoms with E-state index in [1.54, 1.807) is 18.2 Å². The maximum absolute atomic E-state index is 6.33. The van der Waals surface area contributed by atoms with Crippen molar-refractivity contribution in [2.75, 3.05) is 5.43 Å². The number of hydrazone groups is 1. The molecule has 0 saturated heterocycles. The highest BCUT2D eigenvalue weighted by Crippen LogP contribution is 2.33. The van der Waals surface area contributed by atoms with Gasteiger partial charge in [0.15, 0.2) is 0 Å². The van der Waals surface area contributed by atoms with Crippen LogP contribution in [-0.2, 0) is 0 Å². The minimum atomic E-state index is 0.555. The Hall–Kier alpha value is -2.30. The summed E-state index contributed by atoms with van der Waals surface area (Å²) in [4.78, 5) is 0. The molecule has 0 spiro atoms. The normalized spacial score (nSPS) is 11.7. The third-order valence-electron chi connectivity index (χ3n) is 4.36. The fraction of sp³-hybridized carbons (Fsp3) is 0.200. The van der Waals surface area contributed by atoms with E-state index in [1.165, 1.54) is 5.56 Å². The van der Waals surface area contributed by atoms with E-state index < -0.39 is 0 Å². The van der Waals surface area contributed by atoms with Gasteiger partial charge >= 0.3 is 0 Å². The molecule has 0 aliphatic rings. The molecule has 0 saturated carbocycles. The lowest BCUT2D eigenvalue weighted by atomic mass is 10.0. The van der Waals surface area contributed by atoms with Gasteiger partial charge in [-0.2, -0.15) is 5.10 Å². The summed E-state index contributed by atoms with van der Waals surface area (Å²) in [6, 6.07) is 11.3. The molecule has 0 aliphatic heterocycles. The van der Waals surface area contributed by atoms with Crippen LogP contribution in [0, 0.1) is 20.8 Å². The van der Waals surface area contributed by atoms with Gasteiger partial charge in [0.25, 0.3) is 0 Å². The maximum Gasteiger partial charge on any atom is 0.143 e. The summed E-state index contributed by atoms with van der Waals surface area (Å²) < 4.78 is 5.40. The molecule has 1 aromatic heterocycles. The van der Waals surface area contributed by atoms with Crippen molar-refractivity contribution in [1.29, 1.82) is 0 Å². The van der Waals surface area contributed by atoms with Crippen LogP contribution in [0.1, 0.15) is 29.4 Å². The number of aromatic nitrogens is 1. The van der Waals surface area contributed by atoms with E-state index in [0.29, 0.717) is 27.1 Å². The van der Waals surface area contributed by atoms with Crippen molar-refractivity contribution in [3.8, 4) is 11.3 Å². The summed E-state index contributed by atoms with van der Waals surface area (Å²) in [6.45, 7) is 7.88. The monoisotopic (exact) mass is 387 g/mol. The molecule has 3 rings (SSSR count). The molecule has 0 bridgehead atoms. The Kier molecular flexibility index (Phi) is 5.35. The predicted molar refractivity (Wildman–Crippen MR) is 108 cm³/mol. The van der Waals surface area contributed by atoms with Crippen molar-refractivity contribution in [3.63, 3.8) is 0 Å². The third-order valence-corrected chi connectivity index (χ3v) is 4.92. The smallest absolute Gasteiger partial charge is 0.143 e. The van der Waals surface area contributed by atoms with Crippen molar-refractivity contribution in [3.05, 3.63) is 68.9 Å². The standard InChI is InChI=1S/C20H19Cl2N3O/c1-11-6-5-7-18(12(11)2)24-23-13(3)19-14(4)26-25-20(19)16-10-15(21)8-9-17(16)22/h5-10,24H,1-4H3/b23-13+. The Bertz CT molecular complexity index is 993. The Morgan fingerprint density at radius 1 is 1.12 bits per heavy atom. The van der Waals surface area contributed by atoms with Crippen LogP contribution >= 0.6 is 23.2 Å². The number of hydrogen-bond acceptors (Lipinski definition) is 4. The molecule has 2 aromatic carbocycles. The molecule has 134 valence electrons. The number of nitrogens with one attached hydrogen (secondary N) is 1. The Morgan fingerprint density at radius 3 is 2.65 bits per heavy atom. The lowest BCUT2D eigenvalue weighted by molar-refractivity contribution is 0.399. The van der Waals surface area contributed by atoms with Crippen molar-refractivity contribution in [2.24, 2.45) is 5.10 Å². The van der Waals surface area contributed by atoms with E-state index >= 15 is 0 Å². The van der Waals surface area contributed by atoms with E-state index in [2.05, 4.69) is 35.6 Å². The van der Waals surface area contributed by atoms with Gasteiger partial charge in [-0.15, -0.1) is 0 Å². The average Bonchev–Trinajstić information content (AvgIpc) is 2.99. The molecule has 3 aromatic rings. The van der Waals surface area contributed by atoms with Crippen LogP contribution in [0.15, 0.2) is 46.0 Å². The second-order valence-corrected chi connectivity index (χ2v) is 6.99. The molecule has 0 fully saturated rings. The van der Waals surface area contributed by atoms with Crippen LogP contribution in [0.3, 0.4) is 0 Å². The van der Waals surface area contributed by atoms with Crippen LogP contribution in [-0.4, -0.2) is 10.9 Å². The second-order valence-electron chi connectivity index (χ2n) is 6.14. The highest BCUT2D eigenvalue weighted by Gasteiger charge is 2.20. The van der Waals surface area contributed by atoms with Gasteiger partial charge in [0.2, 0.25) is 0 Å². The Balaban J connectivity index is 2.00. The molecule has 0 unspecified atom stereocenters. The molecule has 0 amide bonds. The summed E-state index contributed by atoms with van der Waals surface area (Å²) in [6.07, 6.45) is 0. The quantitative estimate of drug-likeness (QED) is 0.415. The van der Waals surface area contributed by atoms with Crippen molar-refractivity contribution in [2.45, 2.75) is 27.7 Å². The van der Waals surface area contributed by atoms with Gasteiger partial charge in [0, 0.05) is 10.6 Å². The molecule has 0 radical (unpaired) electrons. The fourth-order valence-corrected chi connectivity index (χ4v) is 3.11. The molecule has 0 atom stereocenters. The highest BCUT2D eigenvalue weighted by atomic mass is 35.5. The number of benzene rings is 2. The first kappa shape index (κ1) is 18.5. The Morgan fingerprint density at radius 2 is 1.88 bits per heavy atom. The second kappa shape index (κ2) is 7.52. The number of hydrogen-bond donors (Lipinski definition) is 1. The summed E-state index contributed by atoms with van der Waals surface area (Å²) in [5.41, 5.74) is 9.34. The highest BCUT2D eigenvalue weighted by molar-refractivity contribution is 6.35. The van der Waals surface area contributed by atoms with E-state index in [4.69, 9.17) is 27.7 Å². The molecule has 4 nitrogen and oxygen atoms in total. The van der Waals surface area contributed by atoms with Gasteiger partial charge in [0.05, 0.1) is 22.0 Å². The summed E-state index contributed by atoms with van der Waals surface area (Å²) >= 11 is 12.5. The van der Waals surface area contributed by atoms with Crippen molar-refractivity contribution in [1.82, 2.24) is 5.16 Å². The number of aryl methyl sites for hydroxylation is 2.